The molecule has 7 nitrogen and oxygen atoms in total. The molecule has 0 N–H and O–H groups in total. The summed E-state index contributed by atoms with van der Waals surface area (Å²) in [6.07, 6.45) is 16.7. The predicted molar refractivity (Wildman–Crippen MR) is 124 cm³/mol. The lowest BCUT2D eigenvalue weighted by Crippen LogP contribution is -2.37. The minimum Gasteiger partial charge on any atom is -0.756 e. The van der Waals surface area contributed by atoms with Crippen molar-refractivity contribution in [1.82, 2.24) is 0 Å². The number of phosphoric acid groups is 1. The first-order valence-corrected chi connectivity index (χ1v) is 13.7. The Labute approximate surface area is 191 Å². The van der Waals surface area contributed by atoms with E-state index in [1.54, 1.807) is 0 Å². The number of carbonyl (C=O) groups excluding carboxylic acids is 1. The molecule has 1 atom stereocenters. The van der Waals surface area contributed by atoms with Crippen LogP contribution in [0.5, 0.6) is 0 Å². The van der Waals surface area contributed by atoms with Gasteiger partial charge in [0.2, 0.25) is 0 Å². The number of hydrogen-bond acceptors (Lipinski definition) is 6. The summed E-state index contributed by atoms with van der Waals surface area (Å²) in [5.41, 5.74) is 0. The van der Waals surface area contributed by atoms with E-state index in [2.05, 4.69) is 6.92 Å². The largest absolute Gasteiger partial charge is 0.756 e. The van der Waals surface area contributed by atoms with Crippen molar-refractivity contribution in [3.05, 3.63) is 0 Å². The van der Waals surface area contributed by atoms with Crippen LogP contribution in [0.2, 0.25) is 0 Å². The van der Waals surface area contributed by atoms with Gasteiger partial charge >= 0.3 is 5.97 Å². The lowest BCUT2D eigenvalue weighted by Gasteiger charge is -2.27. The Hall–Kier alpha value is -0.460. The van der Waals surface area contributed by atoms with Gasteiger partial charge in [0.05, 0.1) is 27.7 Å². The van der Waals surface area contributed by atoms with Crippen molar-refractivity contribution in [1.29, 1.82) is 0 Å². The smallest absolute Gasteiger partial charge is 0.305 e. The highest BCUT2D eigenvalue weighted by Gasteiger charge is 2.13. The number of esters is 1. The van der Waals surface area contributed by atoms with Crippen LogP contribution >= 0.6 is 7.82 Å². The van der Waals surface area contributed by atoms with Gasteiger partial charge in [-0.3, -0.25) is 9.36 Å². The number of carbonyl (C=O) groups is 1. The molecule has 0 rings (SSSR count). The van der Waals surface area contributed by atoms with Crippen molar-refractivity contribution in [3.63, 3.8) is 0 Å². The van der Waals surface area contributed by atoms with E-state index in [1.807, 2.05) is 21.1 Å². The molecule has 0 aliphatic rings. The molecule has 0 saturated heterocycles. The number of likely N-dealkylation sites (N-methyl/N-ethyl adjacent to an activating group) is 1. The van der Waals surface area contributed by atoms with E-state index in [4.69, 9.17) is 13.8 Å². The molecule has 0 aliphatic carbocycles. The van der Waals surface area contributed by atoms with Gasteiger partial charge in [0, 0.05) is 6.42 Å². The summed E-state index contributed by atoms with van der Waals surface area (Å²) in [5.74, 6) is -0.307. The Morgan fingerprint density at radius 2 is 1.19 bits per heavy atom. The van der Waals surface area contributed by atoms with Crippen molar-refractivity contribution in [3.8, 4) is 0 Å². The predicted octanol–water partition coefficient (Wildman–Crippen LogP) is 5.22. The van der Waals surface area contributed by atoms with Crippen LogP contribution in [0.1, 0.15) is 96.8 Å². The van der Waals surface area contributed by atoms with Crippen molar-refractivity contribution >= 4 is 13.8 Å². The van der Waals surface area contributed by atoms with E-state index in [9.17, 15) is 14.3 Å². The fourth-order valence-electron chi connectivity index (χ4n) is 3.13. The number of unbranched alkanes of at least 4 members (excludes halogenated alkanes) is 12. The molecule has 0 aromatic heterocycles. The Balaban J connectivity index is 3.44. The minimum atomic E-state index is -4.34. The van der Waals surface area contributed by atoms with Crippen LogP contribution in [0.3, 0.4) is 0 Å². The normalized spacial score (nSPS) is 13.8. The van der Waals surface area contributed by atoms with Gasteiger partial charge in [-0.15, -0.1) is 0 Å². The number of rotatable bonds is 22. The summed E-state index contributed by atoms with van der Waals surface area (Å²) in [6.45, 7) is 2.56. The molecule has 0 aromatic rings. The molecule has 0 saturated carbocycles. The van der Waals surface area contributed by atoms with Gasteiger partial charge in [-0.05, 0) is 6.42 Å². The highest BCUT2D eigenvalue weighted by Crippen LogP contribution is 2.37. The molecule has 8 heteroatoms. The van der Waals surface area contributed by atoms with Gasteiger partial charge in [0.25, 0.3) is 7.82 Å². The van der Waals surface area contributed by atoms with Crippen LogP contribution < -0.4 is 4.89 Å². The second-order valence-electron chi connectivity index (χ2n) is 9.34. The number of nitrogens with zero attached hydrogens (tertiary/aromatic N) is 1. The van der Waals surface area contributed by atoms with E-state index in [-0.39, 0.29) is 25.8 Å². The first-order chi connectivity index (χ1) is 14.7. The van der Waals surface area contributed by atoms with E-state index >= 15 is 0 Å². The molecule has 0 amide bonds. The molecule has 0 fully saturated rings. The van der Waals surface area contributed by atoms with Crippen LogP contribution in [0.4, 0.5) is 0 Å². The molecule has 31 heavy (non-hydrogen) atoms. The Bertz CT molecular complexity index is 481. The highest BCUT2D eigenvalue weighted by atomic mass is 31.2. The first kappa shape index (κ1) is 30.5. The van der Waals surface area contributed by atoms with Crippen molar-refractivity contribution in [2.75, 3.05) is 47.5 Å². The third-order valence-electron chi connectivity index (χ3n) is 5.09. The molecule has 0 heterocycles. The summed E-state index contributed by atoms with van der Waals surface area (Å²) in [4.78, 5) is 23.3. The van der Waals surface area contributed by atoms with Crippen molar-refractivity contribution in [2.45, 2.75) is 96.8 Å². The fraction of sp³-hybridized carbons (Fsp3) is 0.957. The van der Waals surface area contributed by atoms with Crippen LogP contribution in [0.25, 0.3) is 0 Å². The van der Waals surface area contributed by atoms with Gasteiger partial charge in [-0.25, -0.2) is 0 Å². The van der Waals surface area contributed by atoms with Gasteiger partial charge in [0.15, 0.2) is 0 Å². The zero-order valence-electron chi connectivity index (χ0n) is 20.6. The second kappa shape index (κ2) is 19.0. The Morgan fingerprint density at radius 1 is 0.742 bits per heavy atom. The first-order valence-electron chi connectivity index (χ1n) is 12.2. The van der Waals surface area contributed by atoms with Crippen LogP contribution in [0.15, 0.2) is 0 Å². The zero-order chi connectivity index (χ0) is 23.4. The van der Waals surface area contributed by atoms with Crippen molar-refractivity contribution < 1.29 is 32.5 Å². The minimum absolute atomic E-state index is 0.0586. The molecule has 0 aliphatic heterocycles. The standard InChI is InChI=1S/C23H48NO6P/c1-5-6-7-8-9-10-11-12-13-14-15-16-17-18-23(25)28-21-22-30-31(26,27)29-20-19-24(2,3)4/h5-22H2,1-4H3. The average Bonchev–Trinajstić information content (AvgIpc) is 2.67. The monoisotopic (exact) mass is 465 g/mol. The third-order valence-corrected chi connectivity index (χ3v) is 6.09. The summed E-state index contributed by atoms with van der Waals surface area (Å²) >= 11 is 0. The van der Waals surface area contributed by atoms with Crippen LogP contribution in [-0.4, -0.2) is 58.0 Å². The maximum Gasteiger partial charge on any atom is 0.305 e. The molecule has 0 aromatic carbocycles. The lowest BCUT2D eigenvalue weighted by molar-refractivity contribution is -0.870. The van der Waals surface area contributed by atoms with E-state index in [1.165, 1.54) is 64.2 Å². The van der Waals surface area contributed by atoms with E-state index in [0.717, 1.165) is 19.3 Å². The van der Waals surface area contributed by atoms with Crippen LogP contribution in [0, 0.1) is 0 Å². The second-order valence-corrected chi connectivity index (χ2v) is 10.8. The topological polar surface area (TPSA) is 84.9 Å². The van der Waals surface area contributed by atoms with Gasteiger partial charge in [-0.1, -0.05) is 84.0 Å². The number of ether oxygens (including phenoxy) is 1. The molecular weight excluding hydrogens is 417 g/mol. The quantitative estimate of drug-likeness (QED) is 0.0943. The summed E-state index contributed by atoms with van der Waals surface area (Å²) in [7, 11) is 1.48. The number of quaternary nitrogens is 1. The Kier molecular flexibility index (Phi) is 18.8. The molecule has 0 spiro atoms. The van der Waals surface area contributed by atoms with Gasteiger partial charge in [-0.2, -0.15) is 0 Å². The molecule has 0 bridgehead atoms. The SMILES string of the molecule is CCCCCCCCCCCCCCCC(=O)OCCOP(=O)([O-])OCC[N+](C)(C)C. The van der Waals surface area contributed by atoms with Gasteiger partial charge in [0.1, 0.15) is 19.8 Å². The number of phosphoric ester groups is 1. The fourth-order valence-corrected chi connectivity index (χ4v) is 3.81. The lowest BCUT2D eigenvalue weighted by atomic mass is 10.0. The van der Waals surface area contributed by atoms with Gasteiger partial charge < -0.3 is 23.2 Å². The average molecular weight is 466 g/mol. The van der Waals surface area contributed by atoms with Crippen molar-refractivity contribution in [2.24, 2.45) is 0 Å². The maximum absolute atomic E-state index is 11.7. The molecule has 0 radical (unpaired) electrons. The number of hydrogen-bond donors (Lipinski definition) is 0. The zero-order valence-corrected chi connectivity index (χ0v) is 21.5. The Morgan fingerprint density at radius 3 is 1.68 bits per heavy atom. The van der Waals surface area contributed by atoms with E-state index < -0.39 is 7.82 Å². The summed E-state index contributed by atoms with van der Waals surface area (Å²) in [5, 5.41) is 0. The highest BCUT2D eigenvalue weighted by molar-refractivity contribution is 7.45. The third kappa shape index (κ3) is 24.0. The molecule has 186 valence electrons. The summed E-state index contributed by atoms with van der Waals surface area (Å²) < 4.78 is 26.7. The maximum atomic E-state index is 11.7. The molecule has 1 unspecified atom stereocenters. The van der Waals surface area contributed by atoms with Crippen LogP contribution in [-0.2, 0) is 23.1 Å². The van der Waals surface area contributed by atoms with E-state index in [0.29, 0.717) is 17.4 Å². The molecular formula is C23H48NO6P. The summed E-state index contributed by atoms with van der Waals surface area (Å²) in [6, 6.07) is 0.